The van der Waals surface area contributed by atoms with Crippen molar-refractivity contribution in [2.75, 3.05) is 4.90 Å². The third-order valence-electron chi connectivity index (χ3n) is 14.8. The Morgan fingerprint density at radius 3 is 1.30 bits per heavy atom. The van der Waals surface area contributed by atoms with Crippen molar-refractivity contribution >= 4 is 38.9 Å². The molecule has 322 valence electrons. The maximum Gasteiger partial charge on any atom is 0.0731 e. The number of hydrogen-bond acceptors (Lipinski definition) is 1. The first kappa shape index (κ1) is 39.2. The van der Waals surface area contributed by atoms with Gasteiger partial charge in [0.1, 0.15) is 0 Å². The van der Waals surface area contributed by atoms with Crippen molar-refractivity contribution in [2.45, 2.75) is 5.41 Å². The van der Waals surface area contributed by atoms with Gasteiger partial charge in [-0.15, -0.1) is 0 Å². The molecule has 0 aliphatic heterocycles. The number of anilines is 3. The minimum Gasteiger partial charge on any atom is -0.311 e. The van der Waals surface area contributed by atoms with Crippen LogP contribution in [0.3, 0.4) is 0 Å². The molecule has 1 spiro atoms. The predicted octanol–water partition coefficient (Wildman–Crippen LogP) is 17.6. The van der Waals surface area contributed by atoms with Gasteiger partial charge < -0.3 is 9.47 Å². The zero-order valence-corrected chi connectivity index (χ0v) is 37.8. The lowest BCUT2D eigenvalue weighted by Gasteiger charge is -2.32. The Labute approximate surface area is 402 Å². The molecule has 0 N–H and O–H groups in total. The van der Waals surface area contributed by atoms with Crippen molar-refractivity contribution in [3.63, 3.8) is 0 Å². The van der Waals surface area contributed by atoms with E-state index in [4.69, 9.17) is 0 Å². The predicted molar refractivity (Wildman–Crippen MR) is 288 cm³/mol. The van der Waals surface area contributed by atoms with Gasteiger partial charge in [-0.05, 0) is 145 Å². The third kappa shape index (κ3) is 5.92. The second-order valence-electron chi connectivity index (χ2n) is 18.4. The quantitative estimate of drug-likeness (QED) is 0.155. The Kier molecular flexibility index (Phi) is 8.84. The lowest BCUT2D eigenvalue weighted by Crippen LogP contribution is -2.26. The highest BCUT2D eigenvalue weighted by Gasteiger charge is 2.52. The fourth-order valence-electron chi connectivity index (χ4n) is 11.9. The molecule has 0 saturated carbocycles. The van der Waals surface area contributed by atoms with Crippen LogP contribution in [0.4, 0.5) is 17.1 Å². The summed E-state index contributed by atoms with van der Waals surface area (Å²) in [6, 6.07) is 98.3. The highest BCUT2D eigenvalue weighted by molar-refractivity contribution is 6.10. The molecular formula is C67H44N2. The number of para-hydroxylation sites is 2. The second-order valence-corrected chi connectivity index (χ2v) is 18.4. The highest BCUT2D eigenvalue weighted by atomic mass is 15.1. The van der Waals surface area contributed by atoms with Crippen molar-refractivity contribution in [3.05, 3.63) is 289 Å². The maximum atomic E-state index is 2.38. The van der Waals surface area contributed by atoms with Crippen LogP contribution in [-0.2, 0) is 5.41 Å². The minimum absolute atomic E-state index is 0.424. The molecule has 0 bridgehead atoms. The second kappa shape index (κ2) is 15.6. The van der Waals surface area contributed by atoms with Crippen molar-refractivity contribution in [1.29, 1.82) is 0 Å². The Bertz CT molecular complexity index is 3860. The lowest BCUT2D eigenvalue weighted by molar-refractivity contribution is 0.796. The van der Waals surface area contributed by atoms with E-state index in [9.17, 15) is 0 Å². The molecule has 2 aliphatic carbocycles. The van der Waals surface area contributed by atoms with Gasteiger partial charge >= 0.3 is 0 Å². The van der Waals surface area contributed by atoms with E-state index < -0.39 is 5.41 Å². The normalized spacial score (nSPS) is 12.8. The van der Waals surface area contributed by atoms with Gasteiger partial charge in [-0.2, -0.15) is 0 Å². The molecule has 2 aliphatic rings. The monoisotopic (exact) mass is 876 g/mol. The number of fused-ring (bicyclic) bond motifs is 13. The molecule has 1 aromatic heterocycles. The summed E-state index contributed by atoms with van der Waals surface area (Å²) in [6.07, 6.45) is 0. The number of aromatic nitrogens is 1. The first-order chi connectivity index (χ1) is 34.2. The van der Waals surface area contributed by atoms with E-state index in [1.165, 1.54) is 105 Å². The summed E-state index contributed by atoms with van der Waals surface area (Å²) in [6.45, 7) is 0. The maximum absolute atomic E-state index is 2.38. The molecule has 1 heterocycles. The van der Waals surface area contributed by atoms with Gasteiger partial charge in [-0.1, -0.05) is 200 Å². The van der Waals surface area contributed by atoms with E-state index >= 15 is 0 Å². The van der Waals surface area contributed by atoms with Crippen LogP contribution in [-0.4, -0.2) is 4.57 Å². The Hall–Kier alpha value is -8.98. The van der Waals surface area contributed by atoms with Gasteiger partial charge in [0.2, 0.25) is 0 Å². The van der Waals surface area contributed by atoms with E-state index in [0.29, 0.717) is 0 Å². The number of hydrogen-bond donors (Lipinski definition) is 0. The summed E-state index contributed by atoms with van der Waals surface area (Å²) in [5.41, 5.74) is 24.3. The van der Waals surface area contributed by atoms with E-state index in [1.807, 2.05) is 0 Å². The topological polar surface area (TPSA) is 8.17 Å². The van der Waals surface area contributed by atoms with Gasteiger partial charge in [-0.3, -0.25) is 0 Å². The Morgan fingerprint density at radius 2 is 0.696 bits per heavy atom. The molecule has 0 radical (unpaired) electrons. The summed E-state index contributed by atoms with van der Waals surface area (Å²) in [5.74, 6) is 0. The Morgan fingerprint density at radius 1 is 0.275 bits per heavy atom. The van der Waals surface area contributed by atoms with Crippen LogP contribution in [0, 0.1) is 0 Å². The van der Waals surface area contributed by atoms with Crippen molar-refractivity contribution in [2.24, 2.45) is 0 Å². The van der Waals surface area contributed by atoms with Crippen LogP contribution >= 0.6 is 0 Å². The first-order valence-electron chi connectivity index (χ1n) is 23.9. The molecule has 0 unspecified atom stereocenters. The smallest absolute Gasteiger partial charge is 0.0731 e. The van der Waals surface area contributed by atoms with Gasteiger partial charge in [0.05, 0.1) is 16.4 Å². The summed E-state index contributed by atoms with van der Waals surface area (Å²) < 4.78 is 2.37. The molecule has 0 amide bonds. The minimum atomic E-state index is -0.424. The lowest BCUT2D eigenvalue weighted by atomic mass is 9.68. The van der Waals surface area contributed by atoms with E-state index in [-0.39, 0.29) is 0 Å². The largest absolute Gasteiger partial charge is 0.311 e. The van der Waals surface area contributed by atoms with E-state index in [0.717, 1.165) is 17.1 Å². The van der Waals surface area contributed by atoms with Gasteiger partial charge in [0, 0.05) is 33.5 Å². The molecule has 69 heavy (non-hydrogen) atoms. The first-order valence-corrected chi connectivity index (χ1v) is 23.9. The standard InChI is InChI=1S/C67H44N2/c1-3-16-45(17-4-1)46-30-37-51(38-31-46)68(52-39-32-47(33-40-52)49-36-43-65-60(44-49)58-23-10-14-29-64(58)69(65)50-18-5-2-6-19-50)53-41-34-48(35-42-53)54-24-15-25-59-57-22-9-13-28-63(57)67(66(54)59)61-26-11-7-20-55(61)56-21-8-12-27-62(56)67/h1-44H. The number of benzene rings is 11. The van der Waals surface area contributed by atoms with Crippen LogP contribution in [0.25, 0.3) is 83.1 Å². The SMILES string of the molecule is c1ccc(-c2ccc(N(c3ccc(-c4ccc5c(c4)c4ccccc4n5-c4ccccc4)cc3)c3ccc(-c4cccc5c4C4(c6ccccc6-c6ccccc64)c4ccccc4-5)cc3)cc2)cc1. The van der Waals surface area contributed by atoms with Crippen LogP contribution in [0.1, 0.15) is 22.3 Å². The molecule has 11 aromatic carbocycles. The fourth-order valence-corrected chi connectivity index (χ4v) is 11.9. The van der Waals surface area contributed by atoms with Gasteiger partial charge in [0.15, 0.2) is 0 Å². The summed E-state index contributed by atoms with van der Waals surface area (Å²) >= 11 is 0. The summed E-state index contributed by atoms with van der Waals surface area (Å²) in [7, 11) is 0. The molecule has 12 aromatic rings. The molecule has 0 saturated heterocycles. The van der Waals surface area contributed by atoms with Crippen LogP contribution < -0.4 is 4.90 Å². The van der Waals surface area contributed by atoms with E-state index in [2.05, 4.69) is 276 Å². The Balaban J connectivity index is 0.879. The van der Waals surface area contributed by atoms with E-state index in [1.54, 1.807) is 0 Å². The summed E-state index contributed by atoms with van der Waals surface area (Å²) in [4.78, 5) is 2.38. The number of nitrogens with zero attached hydrogens (tertiary/aromatic N) is 2. The molecule has 0 fully saturated rings. The molecule has 2 nitrogen and oxygen atoms in total. The average molecular weight is 877 g/mol. The number of rotatable bonds is 7. The third-order valence-corrected chi connectivity index (χ3v) is 14.8. The zero-order valence-electron chi connectivity index (χ0n) is 37.8. The molecule has 0 atom stereocenters. The highest BCUT2D eigenvalue weighted by Crippen LogP contribution is 2.64. The van der Waals surface area contributed by atoms with Crippen molar-refractivity contribution in [3.8, 4) is 61.3 Å². The average Bonchev–Trinajstić information content (AvgIpc) is 4.04. The van der Waals surface area contributed by atoms with Gasteiger partial charge in [0.25, 0.3) is 0 Å². The van der Waals surface area contributed by atoms with Crippen molar-refractivity contribution < 1.29 is 0 Å². The fraction of sp³-hybridized carbons (Fsp3) is 0.0149. The molecular weight excluding hydrogens is 833 g/mol. The molecule has 2 heteroatoms. The van der Waals surface area contributed by atoms with Crippen LogP contribution in [0.2, 0.25) is 0 Å². The molecule has 14 rings (SSSR count). The zero-order chi connectivity index (χ0) is 45.5. The van der Waals surface area contributed by atoms with Crippen LogP contribution in [0.5, 0.6) is 0 Å². The van der Waals surface area contributed by atoms with Crippen molar-refractivity contribution in [1.82, 2.24) is 4.57 Å². The van der Waals surface area contributed by atoms with Crippen LogP contribution in [0.15, 0.2) is 267 Å². The van der Waals surface area contributed by atoms with Gasteiger partial charge in [-0.25, -0.2) is 0 Å². The summed E-state index contributed by atoms with van der Waals surface area (Å²) in [5, 5.41) is 2.50.